The van der Waals surface area contributed by atoms with E-state index in [0.717, 1.165) is 11.6 Å². The lowest BCUT2D eigenvalue weighted by Crippen LogP contribution is -2.16. The zero-order chi connectivity index (χ0) is 10.2. The van der Waals surface area contributed by atoms with Crippen molar-refractivity contribution >= 4 is 8.58 Å². The molecule has 0 radical (unpaired) electrons. The van der Waals surface area contributed by atoms with Crippen molar-refractivity contribution in [3.05, 3.63) is 0 Å². The minimum atomic E-state index is 1.02. The molecule has 1 saturated heterocycles. The zero-order valence-electron chi connectivity index (χ0n) is 10.0. The first-order chi connectivity index (χ1) is 6.84. The molecule has 0 spiro atoms. The predicted molar refractivity (Wildman–Crippen MR) is 68.7 cm³/mol. The molecule has 0 amide bonds. The van der Waals surface area contributed by atoms with Crippen molar-refractivity contribution in [2.24, 2.45) is 5.92 Å². The van der Waals surface area contributed by atoms with Gasteiger partial charge in [0.15, 0.2) is 0 Å². The second-order valence-electron chi connectivity index (χ2n) is 4.88. The molecule has 84 valence electrons. The van der Waals surface area contributed by atoms with Crippen LogP contribution in [0.1, 0.15) is 65.2 Å². The van der Waals surface area contributed by atoms with E-state index < -0.39 is 0 Å². The summed E-state index contributed by atoms with van der Waals surface area (Å²) in [5, 5.41) is 0. The second kappa shape index (κ2) is 7.69. The maximum atomic E-state index is 2.49. The molecule has 1 aliphatic rings. The molecule has 0 aromatic rings. The van der Waals surface area contributed by atoms with Crippen LogP contribution >= 0.6 is 8.58 Å². The van der Waals surface area contributed by atoms with Crippen LogP contribution in [-0.2, 0) is 0 Å². The van der Waals surface area contributed by atoms with Crippen molar-refractivity contribution in [2.75, 3.05) is 6.16 Å². The van der Waals surface area contributed by atoms with Crippen molar-refractivity contribution in [2.45, 2.75) is 70.9 Å². The molecule has 0 aliphatic carbocycles. The van der Waals surface area contributed by atoms with Gasteiger partial charge in [-0.25, -0.2) is 0 Å². The van der Waals surface area contributed by atoms with Crippen LogP contribution in [0.25, 0.3) is 0 Å². The molecule has 1 aliphatic heterocycles. The fourth-order valence-electron chi connectivity index (χ4n) is 2.46. The van der Waals surface area contributed by atoms with E-state index in [4.69, 9.17) is 0 Å². The Labute approximate surface area is 92.0 Å². The van der Waals surface area contributed by atoms with Crippen molar-refractivity contribution in [3.63, 3.8) is 0 Å². The minimum absolute atomic E-state index is 1.02. The fourth-order valence-corrected chi connectivity index (χ4v) is 4.26. The molecule has 1 fully saturated rings. The SMILES string of the molecule is CCCCCCC(C)C1CCCCP1. The van der Waals surface area contributed by atoms with E-state index in [9.17, 15) is 0 Å². The van der Waals surface area contributed by atoms with E-state index in [1.807, 2.05) is 0 Å². The average Bonchev–Trinajstić information content (AvgIpc) is 2.25. The summed E-state index contributed by atoms with van der Waals surface area (Å²) in [7, 11) is 1.29. The molecule has 1 rings (SSSR count). The Kier molecular flexibility index (Phi) is 6.86. The fraction of sp³-hybridized carbons (Fsp3) is 1.00. The van der Waals surface area contributed by atoms with E-state index in [2.05, 4.69) is 13.8 Å². The van der Waals surface area contributed by atoms with Gasteiger partial charge in [0.05, 0.1) is 0 Å². The van der Waals surface area contributed by atoms with Crippen LogP contribution in [0.4, 0.5) is 0 Å². The Morgan fingerprint density at radius 1 is 1.21 bits per heavy atom. The summed E-state index contributed by atoms with van der Waals surface area (Å²) in [5.74, 6) is 1.02. The van der Waals surface area contributed by atoms with Crippen LogP contribution in [0.5, 0.6) is 0 Å². The van der Waals surface area contributed by atoms with Gasteiger partial charge in [0.25, 0.3) is 0 Å². The molecule has 0 aromatic carbocycles. The minimum Gasteiger partial charge on any atom is -0.119 e. The zero-order valence-corrected chi connectivity index (χ0v) is 11.0. The standard InChI is InChI=1S/C13H27P/c1-3-4-5-6-9-12(2)13-10-7-8-11-14-13/h12-14H,3-11H2,1-2H3. The van der Waals surface area contributed by atoms with Gasteiger partial charge in [-0.1, -0.05) is 52.4 Å². The number of rotatable bonds is 6. The lowest BCUT2D eigenvalue weighted by molar-refractivity contribution is 0.441. The third kappa shape index (κ3) is 4.78. The van der Waals surface area contributed by atoms with Crippen molar-refractivity contribution in [1.29, 1.82) is 0 Å². The average molecular weight is 214 g/mol. The van der Waals surface area contributed by atoms with Gasteiger partial charge in [-0.2, -0.15) is 0 Å². The second-order valence-corrected chi connectivity index (χ2v) is 6.53. The third-order valence-corrected chi connectivity index (χ3v) is 5.57. The smallest absolute Gasteiger partial charge is 0.0211 e. The Bertz CT molecular complexity index is 127. The Hall–Kier alpha value is 0.430. The first kappa shape index (κ1) is 12.5. The number of unbranched alkanes of at least 4 members (excludes halogenated alkanes) is 3. The Morgan fingerprint density at radius 3 is 2.71 bits per heavy atom. The van der Waals surface area contributed by atoms with Gasteiger partial charge in [-0.3, -0.25) is 0 Å². The van der Waals surface area contributed by atoms with Crippen molar-refractivity contribution in [3.8, 4) is 0 Å². The Balaban J connectivity index is 2.04. The van der Waals surface area contributed by atoms with Gasteiger partial charge in [-0.15, -0.1) is 8.58 Å². The van der Waals surface area contributed by atoms with Crippen LogP contribution in [0.3, 0.4) is 0 Å². The van der Waals surface area contributed by atoms with Crippen LogP contribution < -0.4 is 0 Å². The maximum absolute atomic E-state index is 2.49. The molecule has 0 nitrogen and oxygen atoms in total. The van der Waals surface area contributed by atoms with Crippen LogP contribution in [0, 0.1) is 5.92 Å². The summed E-state index contributed by atoms with van der Waals surface area (Å²) < 4.78 is 0. The van der Waals surface area contributed by atoms with E-state index in [-0.39, 0.29) is 0 Å². The molecule has 14 heavy (non-hydrogen) atoms. The van der Waals surface area contributed by atoms with Gasteiger partial charge in [-0.05, 0) is 30.6 Å². The van der Waals surface area contributed by atoms with E-state index >= 15 is 0 Å². The molecular weight excluding hydrogens is 187 g/mol. The number of hydrogen-bond acceptors (Lipinski definition) is 0. The first-order valence-electron chi connectivity index (χ1n) is 6.58. The molecule has 0 saturated carbocycles. The lowest BCUT2D eigenvalue weighted by atomic mass is 9.96. The summed E-state index contributed by atoms with van der Waals surface area (Å²) in [4.78, 5) is 0. The third-order valence-electron chi connectivity index (χ3n) is 3.55. The molecule has 0 aromatic heterocycles. The van der Waals surface area contributed by atoms with Gasteiger partial charge < -0.3 is 0 Å². The largest absolute Gasteiger partial charge is 0.119 e. The van der Waals surface area contributed by atoms with Crippen molar-refractivity contribution in [1.82, 2.24) is 0 Å². The maximum Gasteiger partial charge on any atom is -0.0211 e. The molecule has 0 bridgehead atoms. The van der Waals surface area contributed by atoms with Crippen LogP contribution in [0.2, 0.25) is 0 Å². The highest BCUT2D eigenvalue weighted by atomic mass is 31.1. The predicted octanol–water partition coefficient (Wildman–Crippen LogP) is 4.82. The lowest BCUT2D eigenvalue weighted by Gasteiger charge is -2.27. The molecule has 3 unspecified atom stereocenters. The molecular formula is C13H27P. The number of hydrogen-bond donors (Lipinski definition) is 0. The summed E-state index contributed by atoms with van der Waals surface area (Å²) in [6.45, 7) is 4.79. The highest BCUT2D eigenvalue weighted by Crippen LogP contribution is 2.37. The van der Waals surface area contributed by atoms with Gasteiger partial charge in [0.1, 0.15) is 0 Å². The van der Waals surface area contributed by atoms with Gasteiger partial charge >= 0.3 is 0 Å². The first-order valence-corrected chi connectivity index (χ1v) is 7.86. The van der Waals surface area contributed by atoms with Gasteiger partial charge in [0.2, 0.25) is 0 Å². The summed E-state index contributed by atoms with van der Waals surface area (Å²) >= 11 is 0. The molecule has 1 heterocycles. The molecule has 3 atom stereocenters. The topological polar surface area (TPSA) is 0 Å². The quantitative estimate of drug-likeness (QED) is 0.439. The Morgan fingerprint density at radius 2 is 2.07 bits per heavy atom. The summed E-state index contributed by atoms with van der Waals surface area (Å²) in [6.07, 6.45) is 13.4. The summed E-state index contributed by atoms with van der Waals surface area (Å²) in [6, 6.07) is 0. The van der Waals surface area contributed by atoms with Crippen LogP contribution in [0.15, 0.2) is 0 Å². The highest BCUT2D eigenvalue weighted by Gasteiger charge is 2.19. The van der Waals surface area contributed by atoms with E-state index in [1.54, 1.807) is 0 Å². The normalized spacial score (nSPS) is 26.6. The molecule has 1 heteroatoms. The van der Waals surface area contributed by atoms with Crippen LogP contribution in [-0.4, -0.2) is 11.8 Å². The van der Waals surface area contributed by atoms with Crippen molar-refractivity contribution < 1.29 is 0 Å². The van der Waals surface area contributed by atoms with Gasteiger partial charge in [0, 0.05) is 0 Å². The summed E-state index contributed by atoms with van der Waals surface area (Å²) in [5.41, 5.74) is 1.10. The molecule has 0 N–H and O–H groups in total. The highest BCUT2D eigenvalue weighted by molar-refractivity contribution is 7.39. The van der Waals surface area contributed by atoms with E-state index in [1.165, 1.54) is 66.1 Å². The van der Waals surface area contributed by atoms with E-state index in [0.29, 0.717) is 0 Å². The monoisotopic (exact) mass is 214 g/mol.